The summed E-state index contributed by atoms with van der Waals surface area (Å²) in [7, 11) is -4.07. The zero-order valence-corrected chi connectivity index (χ0v) is 22.1. The van der Waals surface area contributed by atoms with Crippen molar-refractivity contribution in [1.29, 1.82) is 5.26 Å². The maximum absolute atomic E-state index is 12.8. The molecular weight excluding hydrogens is 596 g/mol. The lowest BCUT2D eigenvalue weighted by Crippen LogP contribution is -2.12. The summed E-state index contributed by atoms with van der Waals surface area (Å²) in [6, 6.07) is 16.7. The van der Waals surface area contributed by atoms with Crippen LogP contribution in [0.2, 0.25) is 10.0 Å². The van der Waals surface area contributed by atoms with Crippen LogP contribution in [0.1, 0.15) is 23.6 Å². The van der Waals surface area contributed by atoms with Crippen LogP contribution >= 0.6 is 45.8 Å². The van der Waals surface area contributed by atoms with Gasteiger partial charge in [0.15, 0.2) is 11.5 Å². The van der Waals surface area contributed by atoms with Crippen molar-refractivity contribution in [3.8, 4) is 17.6 Å². The number of hydrogen-bond acceptors (Lipinski definition) is 5. The fraction of sp³-hybridized carbons (Fsp3) is 0.125. The first-order valence-corrected chi connectivity index (χ1v) is 12.9. The number of hydrogen-bond donors (Lipinski definition) is 0. The molecule has 170 valence electrons. The topological polar surface area (TPSA) is 76.4 Å². The minimum Gasteiger partial charge on any atom is -0.490 e. The lowest BCUT2D eigenvalue weighted by Gasteiger charge is -2.15. The highest BCUT2D eigenvalue weighted by Crippen LogP contribution is 2.38. The molecule has 0 saturated heterocycles. The Morgan fingerprint density at radius 1 is 1.12 bits per heavy atom. The van der Waals surface area contributed by atoms with E-state index in [9.17, 15) is 13.7 Å². The molecule has 0 heterocycles. The standard InChI is InChI=1S/C24H18Cl2INO4S/c1-3-31-23-12-16(10-17(14-28)20-9-6-18(25)13-21(20)26)11-22(27)24(23)32-33(29,30)19-7-4-15(2)5-8-19/h4-13H,3H2,1-2H3/b17-10+. The van der Waals surface area contributed by atoms with Gasteiger partial charge in [-0.05, 0) is 84.5 Å². The Labute approximate surface area is 216 Å². The Bertz CT molecular complexity index is 1360. The maximum atomic E-state index is 12.8. The van der Waals surface area contributed by atoms with Gasteiger partial charge in [0.1, 0.15) is 4.90 Å². The highest BCUT2D eigenvalue weighted by atomic mass is 127. The first-order valence-electron chi connectivity index (χ1n) is 9.69. The quantitative estimate of drug-likeness (QED) is 0.123. The predicted octanol–water partition coefficient (Wildman–Crippen LogP) is 7.14. The summed E-state index contributed by atoms with van der Waals surface area (Å²) in [4.78, 5) is 0.0412. The Kier molecular flexibility index (Phi) is 8.29. The van der Waals surface area contributed by atoms with E-state index in [-0.39, 0.29) is 23.0 Å². The summed E-state index contributed by atoms with van der Waals surface area (Å²) in [5, 5.41) is 10.5. The van der Waals surface area contributed by atoms with E-state index in [1.165, 1.54) is 12.1 Å². The summed E-state index contributed by atoms with van der Waals surface area (Å²) in [5.41, 5.74) is 2.39. The van der Waals surface area contributed by atoms with Gasteiger partial charge in [-0.1, -0.05) is 47.0 Å². The van der Waals surface area contributed by atoms with Crippen molar-refractivity contribution in [1.82, 2.24) is 0 Å². The second-order valence-electron chi connectivity index (χ2n) is 6.91. The third kappa shape index (κ3) is 6.21. The van der Waals surface area contributed by atoms with Crippen molar-refractivity contribution in [2.24, 2.45) is 0 Å². The van der Waals surface area contributed by atoms with Crippen molar-refractivity contribution in [2.45, 2.75) is 18.7 Å². The summed E-state index contributed by atoms with van der Waals surface area (Å²) >= 11 is 14.2. The van der Waals surface area contributed by atoms with Crippen LogP contribution in [0.25, 0.3) is 11.6 Å². The van der Waals surface area contributed by atoms with Crippen LogP contribution in [-0.4, -0.2) is 15.0 Å². The molecule has 0 N–H and O–H groups in total. The Morgan fingerprint density at radius 2 is 1.82 bits per heavy atom. The molecule has 0 aliphatic heterocycles. The van der Waals surface area contributed by atoms with E-state index in [1.54, 1.807) is 55.5 Å². The predicted molar refractivity (Wildman–Crippen MR) is 139 cm³/mol. The molecule has 0 spiro atoms. The van der Waals surface area contributed by atoms with Gasteiger partial charge in [-0.15, -0.1) is 0 Å². The van der Waals surface area contributed by atoms with E-state index in [0.29, 0.717) is 30.3 Å². The molecule has 0 amide bonds. The van der Waals surface area contributed by atoms with E-state index >= 15 is 0 Å². The van der Waals surface area contributed by atoms with Crippen LogP contribution in [0, 0.1) is 21.8 Å². The molecule has 0 atom stereocenters. The maximum Gasteiger partial charge on any atom is 0.339 e. The zero-order valence-electron chi connectivity index (χ0n) is 17.6. The number of rotatable bonds is 7. The van der Waals surface area contributed by atoms with Gasteiger partial charge in [0.25, 0.3) is 0 Å². The van der Waals surface area contributed by atoms with Crippen molar-refractivity contribution in [2.75, 3.05) is 6.61 Å². The molecular formula is C24H18Cl2INO4S. The summed E-state index contributed by atoms with van der Waals surface area (Å²) in [6.07, 6.45) is 1.64. The average molecular weight is 614 g/mol. The second kappa shape index (κ2) is 10.8. The fourth-order valence-corrected chi connectivity index (χ4v) is 5.27. The molecule has 0 aliphatic carbocycles. The van der Waals surface area contributed by atoms with Crippen molar-refractivity contribution in [3.63, 3.8) is 0 Å². The van der Waals surface area contributed by atoms with Gasteiger partial charge in [0.05, 0.1) is 26.8 Å². The molecule has 3 aromatic rings. The molecule has 0 radical (unpaired) electrons. The van der Waals surface area contributed by atoms with Gasteiger partial charge in [0.2, 0.25) is 0 Å². The van der Waals surface area contributed by atoms with Crippen LogP contribution in [0.5, 0.6) is 11.5 Å². The number of halogens is 3. The SMILES string of the molecule is CCOc1cc(/C=C(\C#N)c2ccc(Cl)cc2Cl)cc(I)c1OS(=O)(=O)c1ccc(C)cc1. The molecule has 3 aromatic carbocycles. The van der Waals surface area contributed by atoms with Gasteiger partial charge in [-0.25, -0.2) is 0 Å². The number of allylic oxidation sites excluding steroid dienone is 1. The summed E-state index contributed by atoms with van der Waals surface area (Å²) < 4.78 is 37.3. The van der Waals surface area contributed by atoms with E-state index in [2.05, 4.69) is 6.07 Å². The summed E-state index contributed by atoms with van der Waals surface area (Å²) in [5.74, 6) is 0.323. The van der Waals surface area contributed by atoms with Crippen LogP contribution in [0.3, 0.4) is 0 Å². The molecule has 0 aromatic heterocycles. The lowest BCUT2D eigenvalue weighted by atomic mass is 10.0. The number of benzene rings is 3. The lowest BCUT2D eigenvalue weighted by molar-refractivity contribution is 0.327. The van der Waals surface area contributed by atoms with Gasteiger partial charge in [0, 0.05) is 10.6 Å². The number of nitriles is 1. The summed E-state index contributed by atoms with van der Waals surface area (Å²) in [6.45, 7) is 3.94. The van der Waals surface area contributed by atoms with Gasteiger partial charge < -0.3 is 8.92 Å². The normalized spacial score (nSPS) is 11.7. The molecule has 0 aliphatic rings. The second-order valence-corrected chi connectivity index (χ2v) is 10.5. The molecule has 5 nitrogen and oxygen atoms in total. The van der Waals surface area contributed by atoms with Crippen LogP contribution in [-0.2, 0) is 10.1 Å². The average Bonchev–Trinajstić information content (AvgIpc) is 2.75. The highest BCUT2D eigenvalue weighted by Gasteiger charge is 2.22. The molecule has 9 heteroatoms. The van der Waals surface area contributed by atoms with E-state index < -0.39 is 10.1 Å². The smallest absolute Gasteiger partial charge is 0.339 e. The van der Waals surface area contributed by atoms with E-state index in [4.69, 9.17) is 32.1 Å². The Morgan fingerprint density at radius 3 is 2.42 bits per heavy atom. The van der Waals surface area contributed by atoms with Gasteiger partial charge in [-0.3, -0.25) is 0 Å². The third-order valence-corrected chi connectivity index (χ3v) is 7.07. The largest absolute Gasteiger partial charge is 0.490 e. The minimum atomic E-state index is -4.07. The number of nitrogens with zero attached hydrogens (tertiary/aromatic N) is 1. The van der Waals surface area contributed by atoms with Crippen LogP contribution < -0.4 is 8.92 Å². The first-order chi connectivity index (χ1) is 15.6. The van der Waals surface area contributed by atoms with E-state index in [0.717, 1.165) is 5.56 Å². The molecule has 0 saturated carbocycles. The Hall–Kier alpha value is -2.25. The van der Waals surface area contributed by atoms with Crippen molar-refractivity contribution >= 4 is 67.6 Å². The molecule has 0 fully saturated rings. The van der Waals surface area contributed by atoms with E-state index in [1.807, 2.05) is 29.5 Å². The molecule has 0 bridgehead atoms. The first kappa shape index (κ1) is 25.4. The monoisotopic (exact) mass is 613 g/mol. The van der Waals surface area contributed by atoms with Crippen LogP contribution in [0.4, 0.5) is 0 Å². The molecule has 0 unspecified atom stereocenters. The minimum absolute atomic E-state index is 0.0412. The molecule has 3 rings (SSSR count). The van der Waals surface area contributed by atoms with Crippen molar-refractivity contribution < 1.29 is 17.3 Å². The third-order valence-electron chi connectivity index (χ3n) is 4.49. The highest BCUT2D eigenvalue weighted by molar-refractivity contribution is 14.1. The van der Waals surface area contributed by atoms with Gasteiger partial charge in [-0.2, -0.15) is 13.7 Å². The zero-order chi connectivity index (χ0) is 24.2. The fourth-order valence-electron chi connectivity index (χ4n) is 2.92. The number of aryl methyl sites for hydroxylation is 1. The van der Waals surface area contributed by atoms with Crippen LogP contribution in [0.15, 0.2) is 59.5 Å². The van der Waals surface area contributed by atoms with Crippen molar-refractivity contribution in [3.05, 3.63) is 84.9 Å². The van der Waals surface area contributed by atoms with Gasteiger partial charge >= 0.3 is 10.1 Å². The number of ether oxygens (including phenoxy) is 1. The molecule has 33 heavy (non-hydrogen) atoms. The Balaban J connectivity index is 2.04.